The van der Waals surface area contributed by atoms with Gasteiger partial charge in [0, 0.05) is 30.2 Å². The van der Waals surface area contributed by atoms with Gasteiger partial charge in [-0.1, -0.05) is 60.7 Å². The minimum absolute atomic E-state index is 0.153. The van der Waals surface area contributed by atoms with Gasteiger partial charge in [-0.15, -0.1) is 0 Å². The van der Waals surface area contributed by atoms with Crippen LogP contribution in [0.15, 0.2) is 66.9 Å². The highest BCUT2D eigenvalue weighted by atomic mass is 16.2. The summed E-state index contributed by atoms with van der Waals surface area (Å²) in [5.74, 6) is 0.153. The molecule has 0 aliphatic heterocycles. The Labute approximate surface area is 142 Å². The summed E-state index contributed by atoms with van der Waals surface area (Å²) in [6.45, 7) is 3.36. The number of carbonyl (C=O) groups excluding carboxylic acids is 1. The molecule has 2 aromatic carbocycles. The monoisotopic (exact) mass is 318 g/mol. The third kappa shape index (κ3) is 3.74. The molecule has 0 atom stereocenters. The fourth-order valence-corrected chi connectivity index (χ4v) is 2.84. The van der Waals surface area contributed by atoms with E-state index in [1.807, 2.05) is 60.5 Å². The van der Waals surface area contributed by atoms with Crippen LogP contribution in [0.2, 0.25) is 0 Å². The lowest BCUT2D eigenvalue weighted by molar-refractivity contribution is -0.129. The molecule has 0 fully saturated rings. The normalized spacial score (nSPS) is 11.2. The molecule has 0 aliphatic carbocycles. The summed E-state index contributed by atoms with van der Waals surface area (Å²) < 4.78 is 0. The second kappa shape index (κ2) is 7.64. The highest BCUT2D eigenvalue weighted by molar-refractivity contribution is 5.88. The van der Waals surface area contributed by atoms with Crippen LogP contribution in [0.3, 0.4) is 0 Å². The lowest BCUT2D eigenvalue weighted by Gasteiger charge is -2.19. The molecule has 0 bridgehead atoms. The Hall–Kier alpha value is -2.81. The number of hydrogen-bond donors (Lipinski definition) is 1. The summed E-state index contributed by atoms with van der Waals surface area (Å²) in [6.07, 6.45) is 6.47. The zero-order chi connectivity index (χ0) is 16.8. The molecule has 0 radical (unpaired) electrons. The summed E-state index contributed by atoms with van der Waals surface area (Å²) in [7, 11) is 0. The van der Waals surface area contributed by atoms with Crippen molar-refractivity contribution < 1.29 is 4.79 Å². The van der Waals surface area contributed by atoms with E-state index in [-0.39, 0.29) is 5.91 Å². The Morgan fingerprint density at radius 1 is 1.08 bits per heavy atom. The van der Waals surface area contributed by atoms with Gasteiger partial charge in [0.25, 0.3) is 0 Å². The average Bonchev–Trinajstić information content (AvgIpc) is 3.03. The minimum Gasteiger partial charge on any atom is -0.361 e. The number of carbonyl (C=O) groups is 1. The van der Waals surface area contributed by atoms with Gasteiger partial charge in [0.15, 0.2) is 0 Å². The Morgan fingerprint density at radius 3 is 2.62 bits per heavy atom. The molecule has 3 heteroatoms. The van der Waals surface area contributed by atoms with Crippen molar-refractivity contribution in [2.75, 3.05) is 13.1 Å². The van der Waals surface area contributed by atoms with Crippen molar-refractivity contribution in [3.8, 4) is 0 Å². The van der Waals surface area contributed by atoms with Crippen molar-refractivity contribution in [3.63, 3.8) is 0 Å². The molecule has 3 nitrogen and oxygen atoms in total. The third-order valence-electron chi connectivity index (χ3n) is 4.19. The first-order chi connectivity index (χ1) is 11.8. The van der Waals surface area contributed by atoms with Crippen molar-refractivity contribution in [1.82, 2.24) is 9.88 Å². The van der Waals surface area contributed by atoms with E-state index in [1.165, 1.54) is 0 Å². The minimum atomic E-state index is 0.153. The fourth-order valence-electron chi connectivity index (χ4n) is 2.84. The van der Waals surface area contributed by atoms with Gasteiger partial charge in [-0.3, -0.25) is 4.79 Å². The number of aromatic nitrogens is 1. The van der Waals surface area contributed by atoms with Gasteiger partial charge in [-0.2, -0.15) is 0 Å². The molecule has 1 heterocycles. The molecular formula is C21H22N2O. The number of para-hydroxylation sites is 1. The molecule has 1 aromatic heterocycles. The predicted molar refractivity (Wildman–Crippen MR) is 99.7 cm³/mol. The highest BCUT2D eigenvalue weighted by Crippen LogP contribution is 2.18. The molecule has 24 heavy (non-hydrogen) atoms. The van der Waals surface area contributed by atoms with E-state index < -0.39 is 0 Å². The maximum Gasteiger partial charge on any atom is 0.227 e. The van der Waals surface area contributed by atoms with Crippen LogP contribution in [-0.2, 0) is 11.2 Å². The van der Waals surface area contributed by atoms with Crippen LogP contribution in [0.25, 0.3) is 17.0 Å². The molecular weight excluding hydrogens is 296 g/mol. The highest BCUT2D eigenvalue weighted by Gasteiger charge is 2.13. The number of likely N-dealkylation sites (N-methyl/N-ethyl adjacent to an activating group) is 1. The summed E-state index contributed by atoms with van der Waals surface area (Å²) in [4.78, 5) is 17.7. The zero-order valence-electron chi connectivity index (χ0n) is 13.9. The number of hydrogen-bond acceptors (Lipinski definition) is 1. The van der Waals surface area contributed by atoms with E-state index in [0.717, 1.165) is 22.0 Å². The lowest BCUT2D eigenvalue weighted by Crippen LogP contribution is -2.32. The van der Waals surface area contributed by atoms with Crippen molar-refractivity contribution in [3.05, 3.63) is 78.0 Å². The quantitative estimate of drug-likeness (QED) is 0.724. The largest absolute Gasteiger partial charge is 0.361 e. The Balaban J connectivity index is 1.65. The van der Waals surface area contributed by atoms with Crippen LogP contribution < -0.4 is 0 Å². The number of fused-ring (bicyclic) bond motifs is 1. The van der Waals surface area contributed by atoms with Gasteiger partial charge >= 0.3 is 0 Å². The topological polar surface area (TPSA) is 36.1 Å². The second-order valence-electron chi connectivity index (χ2n) is 5.78. The molecule has 1 amide bonds. The first-order valence-electron chi connectivity index (χ1n) is 8.32. The molecule has 3 aromatic rings. The fraction of sp³-hybridized carbons (Fsp3) is 0.190. The predicted octanol–water partition coefficient (Wildman–Crippen LogP) is 4.27. The SMILES string of the molecule is CCN(C/C=C/c1ccccc1)C(=O)Cc1c[nH]c2ccccc12. The zero-order valence-corrected chi connectivity index (χ0v) is 13.9. The van der Waals surface area contributed by atoms with Crippen molar-refractivity contribution in [2.45, 2.75) is 13.3 Å². The molecule has 0 aliphatic rings. The van der Waals surface area contributed by atoms with E-state index >= 15 is 0 Å². The van der Waals surface area contributed by atoms with E-state index in [9.17, 15) is 4.79 Å². The van der Waals surface area contributed by atoms with Crippen LogP contribution in [0.1, 0.15) is 18.1 Å². The van der Waals surface area contributed by atoms with E-state index in [0.29, 0.717) is 19.5 Å². The number of rotatable bonds is 6. The smallest absolute Gasteiger partial charge is 0.227 e. The Kier molecular flexibility index (Phi) is 5.12. The summed E-state index contributed by atoms with van der Waals surface area (Å²) in [6, 6.07) is 18.2. The summed E-state index contributed by atoms with van der Waals surface area (Å²) in [5, 5.41) is 1.13. The Morgan fingerprint density at radius 2 is 1.83 bits per heavy atom. The van der Waals surface area contributed by atoms with Crippen molar-refractivity contribution >= 4 is 22.9 Å². The summed E-state index contributed by atoms with van der Waals surface area (Å²) in [5.41, 5.74) is 3.28. The average molecular weight is 318 g/mol. The first kappa shape index (κ1) is 16.1. The van der Waals surface area contributed by atoms with Gasteiger partial charge in [-0.25, -0.2) is 0 Å². The van der Waals surface area contributed by atoms with Gasteiger partial charge in [0.1, 0.15) is 0 Å². The number of benzene rings is 2. The standard InChI is InChI=1S/C21H22N2O/c1-2-23(14-8-11-17-9-4-3-5-10-17)21(24)15-18-16-22-20-13-7-6-12-19(18)20/h3-13,16,22H,2,14-15H2,1H3/b11-8+. The molecule has 3 rings (SSSR count). The van der Waals surface area contributed by atoms with Gasteiger partial charge in [0.2, 0.25) is 5.91 Å². The number of nitrogens with one attached hydrogen (secondary N) is 1. The molecule has 0 unspecified atom stereocenters. The van der Waals surface area contributed by atoms with Crippen molar-refractivity contribution in [1.29, 1.82) is 0 Å². The number of aromatic amines is 1. The maximum absolute atomic E-state index is 12.6. The van der Waals surface area contributed by atoms with Crippen LogP contribution in [-0.4, -0.2) is 28.9 Å². The van der Waals surface area contributed by atoms with E-state index in [1.54, 1.807) is 0 Å². The molecule has 1 N–H and O–H groups in total. The van der Waals surface area contributed by atoms with Gasteiger partial charge in [-0.05, 0) is 24.1 Å². The van der Waals surface area contributed by atoms with E-state index in [4.69, 9.17) is 0 Å². The van der Waals surface area contributed by atoms with Crippen LogP contribution >= 0.6 is 0 Å². The molecule has 0 saturated heterocycles. The first-order valence-corrected chi connectivity index (χ1v) is 8.32. The lowest BCUT2D eigenvalue weighted by atomic mass is 10.1. The molecule has 0 spiro atoms. The van der Waals surface area contributed by atoms with Crippen LogP contribution in [0.4, 0.5) is 0 Å². The molecule has 0 saturated carbocycles. The van der Waals surface area contributed by atoms with Crippen LogP contribution in [0.5, 0.6) is 0 Å². The van der Waals surface area contributed by atoms with E-state index in [2.05, 4.69) is 29.3 Å². The number of nitrogens with zero attached hydrogens (tertiary/aromatic N) is 1. The summed E-state index contributed by atoms with van der Waals surface area (Å²) >= 11 is 0. The Bertz CT molecular complexity index is 833. The van der Waals surface area contributed by atoms with Gasteiger partial charge in [0.05, 0.1) is 6.42 Å². The number of amides is 1. The third-order valence-corrected chi connectivity index (χ3v) is 4.19. The van der Waals surface area contributed by atoms with Crippen LogP contribution in [0, 0.1) is 0 Å². The van der Waals surface area contributed by atoms with Gasteiger partial charge < -0.3 is 9.88 Å². The number of H-pyrrole nitrogens is 1. The second-order valence-corrected chi connectivity index (χ2v) is 5.78. The van der Waals surface area contributed by atoms with Crippen molar-refractivity contribution in [2.24, 2.45) is 0 Å². The maximum atomic E-state index is 12.6. The molecule has 122 valence electrons.